The van der Waals surface area contributed by atoms with Crippen molar-refractivity contribution in [2.75, 3.05) is 0 Å². The molecule has 2 aromatic carbocycles. The van der Waals surface area contributed by atoms with E-state index in [1.807, 2.05) is 60.7 Å². The molecule has 0 radical (unpaired) electrons. The standard InChI is InChI=1S/C14H10Cl3NOTe/c15-14(16,17)13(19)18-20(11-7-3-1-4-8-11)12-9-5-2-6-10-12/h1-10H. The van der Waals surface area contributed by atoms with Crippen molar-refractivity contribution in [3.8, 4) is 0 Å². The zero-order chi connectivity index (χ0) is 14.6. The van der Waals surface area contributed by atoms with E-state index in [-0.39, 0.29) is 0 Å². The van der Waals surface area contributed by atoms with Crippen LogP contribution in [0.1, 0.15) is 0 Å². The summed E-state index contributed by atoms with van der Waals surface area (Å²) in [4.78, 5) is 11.9. The molecule has 2 rings (SSSR count). The second kappa shape index (κ2) is 7.02. The normalized spacial score (nSPS) is 11.4. The van der Waals surface area contributed by atoms with Crippen LogP contribution in [0.4, 0.5) is 0 Å². The number of carbonyl (C=O) groups is 1. The molecule has 6 heteroatoms. The zero-order valence-electron chi connectivity index (χ0n) is 10.2. The number of halogens is 3. The Kier molecular flexibility index (Phi) is 5.60. The summed E-state index contributed by atoms with van der Waals surface area (Å²) in [6.45, 7) is 0. The maximum atomic E-state index is 11.9. The fourth-order valence-corrected chi connectivity index (χ4v) is 6.69. The average molecular weight is 442 g/mol. The zero-order valence-corrected chi connectivity index (χ0v) is 14.8. The quantitative estimate of drug-likeness (QED) is 0.520. The summed E-state index contributed by atoms with van der Waals surface area (Å²) in [6.07, 6.45) is 0. The van der Waals surface area contributed by atoms with Gasteiger partial charge in [-0.15, -0.1) is 0 Å². The predicted molar refractivity (Wildman–Crippen MR) is 85.6 cm³/mol. The molecular weight excluding hydrogens is 432 g/mol. The Morgan fingerprint density at radius 1 is 0.850 bits per heavy atom. The Balaban J connectivity index is 2.52. The van der Waals surface area contributed by atoms with Gasteiger partial charge in [-0.05, 0) is 0 Å². The van der Waals surface area contributed by atoms with Gasteiger partial charge in [0.05, 0.1) is 0 Å². The topological polar surface area (TPSA) is 29.4 Å². The summed E-state index contributed by atoms with van der Waals surface area (Å²) >= 11 is 14.4. The minimum atomic E-state index is -2.44. The van der Waals surface area contributed by atoms with Crippen molar-refractivity contribution in [3.05, 3.63) is 60.7 Å². The molecular formula is C14H10Cl3NOTe. The number of carbonyl (C=O) groups excluding carboxylic acids is 1. The fraction of sp³-hybridized carbons (Fsp3) is 0.0714. The first kappa shape index (κ1) is 15.9. The third kappa shape index (κ3) is 4.28. The molecule has 0 spiro atoms. The van der Waals surface area contributed by atoms with Crippen LogP contribution >= 0.6 is 34.8 Å². The number of nitrogens with zero attached hydrogens (tertiary/aromatic N) is 1. The second-order valence-electron chi connectivity index (χ2n) is 3.80. The van der Waals surface area contributed by atoms with E-state index in [9.17, 15) is 4.79 Å². The molecule has 0 saturated carbocycles. The summed E-state index contributed by atoms with van der Waals surface area (Å²) in [5, 5.41) is 0. The third-order valence-electron chi connectivity index (χ3n) is 2.35. The van der Waals surface area contributed by atoms with Gasteiger partial charge in [0.1, 0.15) is 0 Å². The minimum absolute atomic E-state index is 0.702. The first-order valence-electron chi connectivity index (χ1n) is 5.66. The molecule has 2 nitrogen and oxygen atoms in total. The summed E-state index contributed by atoms with van der Waals surface area (Å²) < 4.78 is 4.29. The fourth-order valence-electron chi connectivity index (χ4n) is 1.47. The van der Waals surface area contributed by atoms with E-state index in [1.165, 1.54) is 0 Å². The Morgan fingerprint density at radius 2 is 1.25 bits per heavy atom. The van der Waals surface area contributed by atoms with Gasteiger partial charge in [-0.25, -0.2) is 0 Å². The van der Waals surface area contributed by atoms with Gasteiger partial charge >= 0.3 is 140 Å². The summed E-state index contributed by atoms with van der Waals surface area (Å²) in [7, 11) is 0. The van der Waals surface area contributed by atoms with Gasteiger partial charge in [0.2, 0.25) is 0 Å². The first-order chi connectivity index (χ1) is 9.48. The van der Waals surface area contributed by atoms with Crippen molar-refractivity contribution in [1.82, 2.24) is 0 Å². The van der Waals surface area contributed by atoms with E-state index in [4.69, 9.17) is 34.8 Å². The number of hydrogen-bond donors (Lipinski definition) is 0. The number of rotatable bonds is 2. The van der Waals surface area contributed by atoms with Gasteiger partial charge in [0, 0.05) is 0 Å². The molecule has 0 N–H and O–H groups in total. The van der Waals surface area contributed by atoms with Crippen LogP contribution in [0.3, 0.4) is 0 Å². The third-order valence-corrected chi connectivity index (χ3v) is 7.93. The van der Waals surface area contributed by atoms with Crippen LogP contribution in [-0.4, -0.2) is 29.1 Å². The second-order valence-corrected chi connectivity index (χ2v) is 10.9. The van der Waals surface area contributed by atoms with E-state index < -0.39 is 29.1 Å². The Hall–Kier alpha value is -0.430. The van der Waals surface area contributed by atoms with Crippen molar-refractivity contribution in [2.45, 2.75) is 3.79 Å². The Labute approximate surface area is 139 Å². The van der Waals surface area contributed by atoms with Gasteiger partial charge in [0.25, 0.3) is 0 Å². The Morgan fingerprint density at radius 3 is 1.60 bits per heavy atom. The van der Waals surface area contributed by atoms with Crippen molar-refractivity contribution < 1.29 is 4.79 Å². The molecule has 104 valence electrons. The molecule has 0 unspecified atom stereocenters. The van der Waals surface area contributed by atoms with E-state index >= 15 is 0 Å². The van der Waals surface area contributed by atoms with Gasteiger partial charge in [-0.2, -0.15) is 0 Å². The molecule has 1 amide bonds. The predicted octanol–water partition coefficient (Wildman–Crippen LogP) is 2.96. The summed E-state index contributed by atoms with van der Waals surface area (Å²) in [5.74, 6) is -0.702. The van der Waals surface area contributed by atoms with E-state index in [2.05, 4.69) is 3.18 Å². The van der Waals surface area contributed by atoms with Crippen LogP contribution in [0, 0.1) is 0 Å². The average Bonchev–Trinajstić information content (AvgIpc) is 2.45. The first-order valence-corrected chi connectivity index (χ1v) is 10.2. The van der Waals surface area contributed by atoms with Crippen molar-refractivity contribution >= 4 is 67.3 Å². The van der Waals surface area contributed by atoms with E-state index in [0.29, 0.717) is 0 Å². The molecule has 2 aromatic rings. The number of amides is 1. The van der Waals surface area contributed by atoms with Crippen LogP contribution in [0.15, 0.2) is 63.8 Å². The molecule has 0 aliphatic carbocycles. The Bertz CT molecular complexity index is 582. The van der Waals surface area contributed by atoms with E-state index in [1.54, 1.807) is 0 Å². The van der Waals surface area contributed by atoms with Crippen LogP contribution < -0.4 is 7.22 Å². The number of hydrogen-bond acceptors (Lipinski definition) is 1. The number of alkyl halides is 3. The van der Waals surface area contributed by atoms with Gasteiger partial charge < -0.3 is 0 Å². The van der Waals surface area contributed by atoms with Crippen LogP contribution in [0.25, 0.3) is 0 Å². The van der Waals surface area contributed by atoms with E-state index in [0.717, 1.165) is 7.22 Å². The van der Waals surface area contributed by atoms with Crippen molar-refractivity contribution in [1.29, 1.82) is 0 Å². The van der Waals surface area contributed by atoms with Gasteiger partial charge in [-0.1, -0.05) is 0 Å². The van der Waals surface area contributed by atoms with Crippen LogP contribution in [0.2, 0.25) is 0 Å². The van der Waals surface area contributed by atoms with Crippen LogP contribution in [0.5, 0.6) is 0 Å². The molecule has 0 heterocycles. The molecule has 0 aromatic heterocycles. The molecule has 20 heavy (non-hydrogen) atoms. The molecule has 0 atom stereocenters. The van der Waals surface area contributed by atoms with Crippen molar-refractivity contribution in [2.24, 2.45) is 3.18 Å². The molecule has 0 bridgehead atoms. The maximum absolute atomic E-state index is 11.9. The monoisotopic (exact) mass is 443 g/mol. The molecule has 0 fully saturated rings. The summed E-state index contributed by atoms with van der Waals surface area (Å²) in [6, 6.07) is 19.3. The van der Waals surface area contributed by atoms with Gasteiger partial charge in [-0.3, -0.25) is 0 Å². The number of benzene rings is 2. The SMILES string of the molecule is O=C(N=[Te](c1ccccc1)c1ccccc1)C(Cl)(Cl)Cl. The van der Waals surface area contributed by atoms with Gasteiger partial charge in [0.15, 0.2) is 0 Å². The summed E-state index contributed by atoms with van der Waals surface area (Å²) in [5.41, 5.74) is 0. The van der Waals surface area contributed by atoms with Crippen LogP contribution in [-0.2, 0) is 4.79 Å². The molecule has 0 saturated heterocycles. The molecule has 0 aliphatic heterocycles. The molecule has 0 aliphatic rings. The van der Waals surface area contributed by atoms with Crippen molar-refractivity contribution in [3.63, 3.8) is 0 Å².